The summed E-state index contributed by atoms with van der Waals surface area (Å²) >= 11 is 0. The fourth-order valence-electron chi connectivity index (χ4n) is 3.27. The van der Waals surface area contributed by atoms with E-state index in [1.54, 1.807) is 12.5 Å². The number of imidazole rings is 1. The molecule has 1 fully saturated rings. The topological polar surface area (TPSA) is 99.8 Å². The number of likely N-dealkylation sites (tertiary alicyclic amines) is 1. The lowest BCUT2D eigenvalue weighted by Crippen LogP contribution is -2.30. The molecular formula is C19H26N6O. The number of aliphatic imine (C=N–C) groups is 1. The van der Waals surface area contributed by atoms with E-state index < -0.39 is 0 Å². The molecule has 0 saturated carbocycles. The van der Waals surface area contributed by atoms with Crippen LogP contribution in [0.3, 0.4) is 0 Å². The smallest absolute Gasteiger partial charge is 0.247 e. The van der Waals surface area contributed by atoms with Gasteiger partial charge in [-0.05, 0) is 51.0 Å². The lowest BCUT2D eigenvalue weighted by atomic mass is 10.1. The molecule has 0 spiro atoms. The molecule has 2 aromatic heterocycles. The number of carbonyl (C=O) groups excluding carboxylic acids is 1. The number of nitrogens with two attached hydrogens (primary N) is 1. The van der Waals surface area contributed by atoms with Crippen LogP contribution in [0.2, 0.25) is 0 Å². The molecule has 1 aliphatic heterocycles. The van der Waals surface area contributed by atoms with Crippen molar-refractivity contribution in [1.29, 1.82) is 5.41 Å². The van der Waals surface area contributed by atoms with E-state index in [0.717, 1.165) is 37.1 Å². The van der Waals surface area contributed by atoms with Gasteiger partial charge in [-0.2, -0.15) is 0 Å². The van der Waals surface area contributed by atoms with Gasteiger partial charge < -0.3 is 20.4 Å². The molecule has 7 nitrogen and oxygen atoms in total. The van der Waals surface area contributed by atoms with Crippen LogP contribution in [-0.2, 0) is 4.79 Å². The number of amidine groups is 1. The van der Waals surface area contributed by atoms with Gasteiger partial charge in [-0.25, -0.2) is 9.98 Å². The number of piperidine rings is 1. The van der Waals surface area contributed by atoms with Gasteiger partial charge in [-0.1, -0.05) is 6.42 Å². The van der Waals surface area contributed by atoms with Crippen LogP contribution in [0, 0.1) is 5.41 Å². The predicted molar refractivity (Wildman–Crippen MR) is 103 cm³/mol. The van der Waals surface area contributed by atoms with Crippen molar-refractivity contribution in [3.8, 4) is 0 Å². The summed E-state index contributed by atoms with van der Waals surface area (Å²) in [6, 6.07) is 3.75. The van der Waals surface area contributed by atoms with E-state index in [-0.39, 0.29) is 18.2 Å². The minimum atomic E-state index is -0.197. The van der Waals surface area contributed by atoms with Crippen LogP contribution in [0.25, 0.3) is 5.52 Å². The second kappa shape index (κ2) is 8.71. The maximum atomic E-state index is 12.0. The summed E-state index contributed by atoms with van der Waals surface area (Å²) in [7, 11) is 0. The number of hydrogen-bond donors (Lipinski definition) is 2. The number of rotatable bonds is 7. The van der Waals surface area contributed by atoms with Gasteiger partial charge in [0.15, 0.2) is 0 Å². The molecule has 1 amide bonds. The third-order valence-corrected chi connectivity index (χ3v) is 4.70. The highest BCUT2D eigenvalue weighted by Crippen LogP contribution is 2.10. The van der Waals surface area contributed by atoms with Crippen molar-refractivity contribution in [2.24, 2.45) is 10.7 Å². The fourth-order valence-corrected chi connectivity index (χ4v) is 3.27. The molecule has 0 aromatic carbocycles. The summed E-state index contributed by atoms with van der Waals surface area (Å²) in [6.45, 7) is 3.22. The van der Waals surface area contributed by atoms with E-state index in [4.69, 9.17) is 11.1 Å². The van der Waals surface area contributed by atoms with Crippen LogP contribution < -0.4 is 5.73 Å². The van der Waals surface area contributed by atoms with Crippen LogP contribution >= 0.6 is 0 Å². The average Bonchev–Trinajstić information content (AvgIpc) is 3.10. The van der Waals surface area contributed by atoms with Crippen molar-refractivity contribution in [3.05, 3.63) is 36.4 Å². The molecule has 0 aliphatic carbocycles. The Morgan fingerprint density at radius 2 is 2.08 bits per heavy atom. The van der Waals surface area contributed by atoms with Gasteiger partial charge in [0.25, 0.3) is 0 Å². The van der Waals surface area contributed by atoms with Crippen molar-refractivity contribution in [2.75, 3.05) is 19.6 Å². The van der Waals surface area contributed by atoms with E-state index >= 15 is 0 Å². The number of pyridine rings is 1. The Bertz CT molecular complexity index is 803. The highest BCUT2D eigenvalue weighted by molar-refractivity contribution is 6.11. The lowest BCUT2D eigenvalue weighted by molar-refractivity contribution is -0.117. The summed E-state index contributed by atoms with van der Waals surface area (Å²) in [5.74, 6) is 0.000992. The van der Waals surface area contributed by atoms with Crippen molar-refractivity contribution >= 4 is 23.0 Å². The Morgan fingerprint density at radius 3 is 2.88 bits per heavy atom. The number of aromatic nitrogens is 2. The number of carbonyl (C=O) groups is 1. The van der Waals surface area contributed by atoms with Gasteiger partial charge in [0.1, 0.15) is 5.84 Å². The second-order valence-corrected chi connectivity index (χ2v) is 6.80. The summed E-state index contributed by atoms with van der Waals surface area (Å²) in [5, 5.41) is 8.19. The molecule has 0 unspecified atom stereocenters. The molecular weight excluding hydrogens is 328 g/mol. The van der Waals surface area contributed by atoms with Gasteiger partial charge in [0.2, 0.25) is 5.91 Å². The van der Waals surface area contributed by atoms with Crippen molar-refractivity contribution < 1.29 is 4.79 Å². The number of nitrogens with zero attached hydrogens (tertiary/aromatic N) is 4. The van der Waals surface area contributed by atoms with Crippen LogP contribution in [0.4, 0.5) is 0 Å². The molecule has 0 radical (unpaired) electrons. The van der Waals surface area contributed by atoms with E-state index in [9.17, 15) is 4.79 Å². The summed E-state index contributed by atoms with van der Waals surface area (Å²) < 4.78 is 1.85. The highest BCUT2D eigenvalue weighted by atomic mass is 16.1. The third kappa shape index (κ3) is 4.98. The first-order valence-corrected chi connectivity index (χ1v) is 9.19. The van der Waals surface area contributed by atoms with Crippen LogP contribution in [0.15, 0.2) is 35.8 Å². The van der Waals surface area contributed by atoms with E-state index in [1.165, 1.54) is 19.3 Å². The standard InChI is InChI=1S/C19H26N6O/c20-17(15-6-7-16-12-22-14-25(16)13-15)11-18(21)23-19(26)5-4-10-24-8-2-1-3-9-24/h6-7,12-14,20H,1-5,8-11H2,(H2,21,23,26). The Balaban J connectivity index is 1.47. The van der Waals surface area contributed by atoms with Crippen molar-refractivity contribution in [1.82, 2.24) is 14.3 Å². The number of nitrogens with one attached hydrogen (secondary N) is 1. The highest BCUT2D eigenvalue weighted by Gasteiger charge is 2.11. The van der Waals surface area contributed by atoms with E-state index in [1.807, 2.05) is 22.7 Å². The summed E-state index contributed by atoms with van der Waals surface area (Å²) in [5.41, 5.74) is 7.92. The second-order valence-electron chi connectivity index (χ2n) is 6.80. The maximum Gasteiger partial charge on any atom is 0.247 e. The Morgan fingerprint density at radius 1 is 1.27 bits per heavy atom. The Kier molecular flexibility index (Phi) is 6.12. The predicted octanol–water partition coefficient (Wildman–Crippen LogP) is 2.24. The first-order valence-electron chi connectivity index (χ1n) is 9.19. The molecule has 138 valence electrons. The zero-order valence-electron chi connectivity index (χ0n) is 15.0. The van der Waals surface area contributed by atoms with Gasteiger partial charge in [0, 0.05) is 30.3 Å². The molecule has 3 heterocycles. The maximum absolute atomic E-state index is 12.0. The largest absolute Gasteiger partial charge is 0.387 e. The van der Waals surface area contributed by atoms with Crippen LogP contribution in [0.1, 0.15) is 44.1 Å². The average molecular weight is 354 g/mol. The minimum absolute atomic E-state index is 0.165. The van der Waals surface area contributed by atoms with Crippen molar-refractivity contribution in [2.45, 2.75) is 38.5 Å². The Labute approximate surface area is 153 Å². The third-order valence-electron chi connectivity index (χ3n) is 4.70. The molecule has 26 heavy (non-hydrogen) atoms. The molecule has 7 heteroatoms. The van der Waals surface area contributed by atoms with Gasteiger partial charge >= 0.3 is 0 Å². The quantitative estimate of drug-likeness (QED) is 0.588. The molecule has 2 aromatic rings. The van der Waals surface area contributed by atoms with E-state index in [2.05, 4.69) is 14.9 Å². The Hall–Kier alpha value is -2.54. The molecule has 1 saturated heterocycles. The van der Waals surface area contributed by atoms with Gasteiger partial charge in [-0.15, -0.1) is 0 Å². The first-order chi connectivity index (χ1) is 12.6. The summed E-state index contributed by atoms with van der Waals surface area (Å²) in [6.07, 6.45) is 10.5. The van der Waals surface area contributed by atoms with Crippen LogP contribution in [0.5, 0.6) is 0 Å². The SMILES string of the molecule is N=C(CC(N)=NC(=O)CCCN1CCCCC1)c1ccc2cncn2c1. The molecule has 0 atom stereocenters. The van der Waals surface area contributed by atoms with Gasteiger partial charge in [-0.3, -0.25) is 4.79 Å². The summed E-state index contributed by atoms with van der Waals surface area (Å²) in [4.78, 5) is 22.4. The monoisotopic (exact) mass is 354 g/mol. The molecule has 1 aliphatic rings. The molecule has 3 rings (SSSR count). The number of hydrogen-bond acceptors (Lipinski definition) is 4. The number of fused-ring (bicyclic) bond motifs is 1. The fraction of sp³-hybridized carbons (Fsp3) is 0.474. The zero-order chi connectivity index (χ0) is 18.4. The first kappa shape index (κ1) is 18.3. The van der Waals surface area contributed by atoms with Crippen LogP contribution in [-0.4, -0.2) is 51.4 Å². The minimum Gasteiger partial charge on any atom is -0.387 e. The molecule has 0 bridgehead atoms. The zero-order valence-corrected chi connectivity index (χ0v) is 15.0. The normalized spacial score (nSPS) is 16.1. The molecule has 3 N–H and O–H groups in total. The van der Waals surface area contributed by atoms with Gasteiger partial charge in [0.05, 0.1) is 18.0 Å². The lowest BCUT2D eigenvalue weighted by Gasteiger charge is -2.25. The number of amides is 1. The van der Waals surface area contributed by atoms with Crippen molar-refractivity contribution in [3.63, 3.8) is 0 Å². The van der Waals surface area contributed by atoms with E-state index in [0.29, 0.717) is 12.1 Å².